The van der Waals surface area contributed by atoms with E-state index in [0.717, 1.165) is 14.7 Å². The highest BCUT2D eigenvalue weighted by atomic mass is 79.9. The van der Waals surface area contributed by atoms with Crippen molar-refractivity contribution < 1.29 is 0 Å². The number of fused-ring (bicyclic) bond motifs is 1. The number of aromatic nitrogens is 2. The molecule has 2 aromatic heterocycles. The molecule has 0 saturated heterocycles. The maximum atomic E-state index is 5.58. The van der Waals surface area contributed by atoms with Gasteiger partial charge in [0.15, 0.2) is 0 Å². The van der Waals surface area contributed by atoms with E-state index in [1.807, 2.05) is 6.07 Å². The van der Waals surface area contributed by atoms with Gasteiger partial charge in [0.05, 0.1) is 5.39 Å². The normalized spacial score (nSPS) is 10.6. The van der Waals surface area contributed by atoms with E-state index in [1.54, 1.807) is 6.20 Å². The van der Waals surface area contributed by atoms with Gasteiger partial charge in [-0.25, -0.2) is 4.98 Å². The molecule has 3 nitrogen and oxygen atoms in total. The Morgan fingerprint density at radius 1 is 1.55 bits per heavy atom. The number of hydrogen-bond donors (Lipinski definition) is 1. The van der Waals surface area contributed by atoms with Crippen LogP contribution in [-0.4, -0.2) is 9.36 Å². The lowest BCUT2D eigenvalue weighted by Crippen LogP contribution is -1.83. The van der Waals surface area contributed by atoms with Crippen LogP contribution in [0.4, 0.5) is 5.82 Å². The van der Waals surface area contributed by atoms with Gasteiger partial charge in [-0.2, -0.15) is 4.37 Å². The molecule has 2 rings (SSSR count). The zero-order valence-corrected chi connectivity index (χ0v) is 7.82. The fourth-order valence-corrected chi connectivity index (χ4v) is 1.80. The highest BCUT2D eigenvalue weighted by Crippen LogP contribution is 2.24. The maximum Gasteiger partial charge on any atom is 0.146 e. The summed E-state index contributed by atoms with van der Waals surface area (Å²) in [6.45, 7) is 0. The number of anilines is 1. The molecule has 0 spiro atoms. The van der Waals surface area contributed by atoms with Crippen molar-refractivity contribution in [2.45, 2.75) is 0 Å². The summed E-state index contributed by atoms with van der Waals surface area (Å²) in [5.41, 5.74) is 5.58. The van der Waals surface area contributed by atoms with Gasteiger partial charge in [-0.05, 0) is 33.5 Å². The fourth-order valence-electron chi connectivity index (χ4n) is 0.825. The molecule has 0 aliphatic rings. The number of halogens is 1. The molecule has 0 atom stereocenters. The van der Waals surface area contributed by atoms with Crippen molar-refractivity contribution in [3.63, 3.8) is 0 Å². The highest BCUT2D eigenvalue weighted by molar-refractivity contribution is 9.10. The van der Waals surface area contributed by atoms with Gasteiger partial charge in [-0.1, -0.05) is 0 Å². The molecule has 0 amide bonds. The average molecular weight is 230 g/mol. The van der Waals surface area contributed by atoms with Crippen LogP contribution in [0.3, 0.4) is 0 Å². The summed E-state index contributed by atoms with van der Waals surface area (Å²) in [5, 5.41) is 0.921. The van der Waals surface area contributed by atoms with Gasteiger partial charge < -0.3 is 5.73 Å². The van der Waals surface area contributed by atoms with E-state index < -0.39 is 0 Å². The largest absolute Gasteiger partial charge is 0.382 e. The first kappa shape index (κ1) is 7.00. The van der Waals surface area contributed by atoms with E-state index in [4.69, 9.17) is 5.73 Å². The van der Waals surface area contributed by atoms with Crippen LogP contribution in [0.25, 0.3) is 10.2 Å². The summed E-state index contributed by atoms with van der Waals surface area (Å²) < 4.78 is 4.90. The molecule has 0 aliphatic heterocycles. The van der Waals surface area contributed by atoms with Crippen LogP contribution in [0.1, 0.15) is 0 Å². The van der Waals surface area contributed by atoms with Gasteiger partial charge in [0.25, 0.3) is 0 Å². The van der Waals surface area contributed by atoms with E-state index >= 15 is 0 Å². The molecule has 11 heavy (non-hydrogen) atoms. The minimum atomic E-state index is 0.554. The predicted molar refractivity (Wildman–Crippen MR) is 49.5 cm³/mol. The molecule has 0 radical (unpaired) electrons. The lowest BCUT2D eigenvalue weighted by molar-refractivity contribution is 1.42. The second-order valence-corrected chi connectivity index (χ2v) is 3.74. The molecule has 0 aromatic carbocycles. The number of pyridine rings is 1. The topological polar surface area (TPSA) is 51.8 Å². The summed E-state index contributed by atoms with van der Waals surface area (Å²) in [7, 11) is 0. The molecule has 2 aromatic rings. The number of nitrogens with zero attached hydrogens (tertiary/aromatic N) is 2. The monoisotopic (exact) mass is 229 g/mol. The number of nitrogens with two attached hydrogens (primary N) is 1. The van der Waals surface area contributed by atoms with Crippen molar-refractivity contribution in [3.8, 4) is 0 Å². The minimum Gasteiger partial charge on any atom is -0.382 e. The molecule has 0 unspecified atom stereocenters. The molecule has 2 heterocycles. The van der Waals surface area contributed by atoms with Crippen LogP contribution in [0.15, 0.2) is 16.7 Å². The smallest absolute Gasteiger partial charge is 0.146 e. The molecular weight excluding hydrogens is 226 g/mol. The Bertz CT molecular complexity index is 398. The van der Waals surface area contributed by atoms with Crippen molar-refractivity contribution in [1.82, 2.24) is 9.36 Å². The lowest BCUT2D eigenvalue weighted by Gasteiger charge is -1.89. The summed E-state index contributed by atoms with van der Waals surface area (Å²) >= 11 is 4.63. The van der Waals surface area contributed by atoms with Gasteiger partial charge in [-0.3, -0.25) is 0 Å². The highest BCUT2D eigenvalue weighted by Gasteiger charge is 2.02. The third kappa shape index (κ3) is 1.10. The Morgan fingerprint density at radius 2 is 2.36 bits per heavy atom. The van der Waals surface area contributed by atoms with Crippen LogP contribution in [0.5, 0.6) is 0 Å². The Labute approximate surface area is 75.5 Å². The maximum absolute atomic E-state index is 5.58. The Kier molecular flexibility index (Phi) is 1.54. The number of rotatable bonds is 0. The SMILES string of the molecule is Nc1nsc2ncc(Br)cc12. The van der Waals surface area contributed by atoms with E-state index in [2.05, 4.69) is 25.3 Å². The van der Waals surface area contributed by atoms with E-state index in [0.29, 0.717) is 5.82 Å². The van der Waals surface area contributed by atoms with Crippen molar-refractivity contribution in [2.24, 2.45) is 0 Å². The summed E-state index contributed by atoms with van der Waals surface area (Å²) in [6, 6.07) is 1.92. The van der Waals surface area contributed by atoms with Crippen LogP contribution >= 0.6 is 27.5 Å². The van der Waals surface area contributed by atoms with Crippen molar-refractivity contribution in [3.05, 3.63) is 16.7 Å². The minimum absolute atomic E-state index is 0.554. The summed E-state index contributed by atoms with van der Waals surface area (Å²) in [6.07, 6.45) is 1.74. The molecule has 56 valence electrons. The van der Waals surface area contributed by atoms with Crippen molar-refractivity contribution >= 4 is 43.5 Å². The first-order valence-corrected chi connectivity index (χ1v) is 4.50. The number of hydrogen-bond acceptors (Lipinski definition) is 4. The van der Waals surface area contributed by atoms with E-state index in [9.17, 15) is 0 Å². The Hall–Kier alpha value is -0.680. The van der Waals surface area contributed by atoms with Gasteiger partial charge >= 0.3 is 0 Å². The van der Waals surface area contributed by atoms with E-state index in [-0.39, 0.29) is 0 Å². The zero-order chi connectivity index (χ0) is 7.84. The standard InChI is InChI=1S/C6H4BrN3S/c7-3-1-4-5(8)10-11-6(4)9-2-3/h1-2H,(H2,8,10). The zero-order valence-electron chi connectivity index (χ0n) is 5.41. The van der Waals surface area contributed by atoms with Crippen LogP contribution < -0.4 is 5.73 Å². The van der Waals surface area contributed by atoms with Gasteiger partial charge in [0.1, 0.15) is 10.6 Å². The average Bonchev–Trinajstić information content (AvgIpc) is 2.33. The Morgan fingerprint density at radius 3 is 3.18 bits per heavy atom. The van der Waals surface area contributed by atoms with Gasteiger partial charge in [-0.15, -0.1) is 0 Å². The van der Waals surface area contributed by atoms with Crippen molar-refractivity contribution in [1.29, 1.82) is 0 Å². The van der Waals surface area contributed by atoms with Crippen LogP contribution in [0, 0.1) is 0 Å². The van der Waals surface area contributed by atoms with Gasteiger partial charge in [0, 0.05) is 10.7 Å². The van der Waals surface area contributed by atoms with E-state index in [1.165, 1.54) is 11.5 Å². The first-order valence-electron chi connectivity index (χ1n) is 2.94. The second-order valence-electron chi connectivity index (χ2n) is 2.07. The first-order chi connectivity index (χ1) is 5.27. The quantitative estimate of drug-likeness (QED) is 0.753. The molecule has 0 fully saturated rings. The predicted octanol–water partition coefficient (Wildman–Crippen LogP) is 2.04. The Balaban J connectivity index is 2.87. The van der Waals surface area contributed by atoms with Crippen LogP contribution in [-0.2, 0) is 0 Å². The molecule has 2 N–H and O–H groups in total. The number of nitrogen functional groups attached to an aromatic ring is 1. The van der Waals surface area contributed by atoms with Crippen LogP contribution in [0.2, 0.25) is 0 Å². The van der Waals surface area contributed by atoms with Gasteiger partial charge in [0.2, 0.25) is 0 Å². The fraction of sp³-hybridized carbons (Fsp3) is 0. The lowest BCUT2D eigenvalue weighted by atomic mass is 10.3. The summed E-state index contributed by atoms with van der Waals surface area (Å²) in [5.74, 6) is 0.554. The molecular formula is C6H4BrN3S. The summed E-state index contributed by atoms with van der Waals surface area (Å²) in [4.78, 5) is 5.01. The molecule has 5 heteroatoms. The molecule has 0 aliphatic carbocycles. The third-order valence-electron chi connectivity index (χ3n) is 1.32. The molecule has 0 saturated carbocycles. The molecule has 0 bridgehead atoms. The second kappa shape index (κ2) is 2.42. The van der Waals surface area contributed by atoms with Crippen molar-refractivity contribution in [2.75, 3.05) is 5.73 Å². The third-order valence-corrected chi connectivity index (χ3v) is 2.54.